The Kier molecular flexibility index (Phi) is 5.47. The smallest absolute Gasteiger partial charge is 0.270 e. The Morgan fingerprint density at radius 2 is 1.91 bits per heavy atom. The minimum atomic E-state index is -0.177. The van der Waals surface area contributed by atoms with Crippen LogP contribution in [0.25, 0.3) is 37.0 Å². The topological polar surface area (TPSA) is 56.1 Å². The summed E-state index contributed by atoms with van der Waals surface area (Å²) in [4.78, 5) is 17.0. The third-order valence-corrected chi connectivity index (χ3v) is 6.72. The Balaban J connectivity index is 1.55. The second-order valence-electron chi connectivity index (χ2n) is 7.81. The normalized spacial score (nSPS) is 12.3. The molecule has 0 aliphatic heterocycles. The second-order valence-corrected chi connectivity index (χ2v) is 8.86. The number of nitrogens with one attached hydrogen (secondary N) is 1. The van der Waals surface area contributed by atoms with Gasteiger partial charge in [-0.2, -0.15) is 0 Å². The highest BCUT2D eigenvalue weighted by Gasteiger charge is 2.16. The fraction of sp³-hybridized carbons (Fsp3) is 0.154. The maximum Gasteiger partial charge on any atom is 0.270 e. The molecule has 32 heavy (non-hydrogen) atoms. The van der Waals surface area contributed by atoms with Gasteiger partial charge in [-0.25, -0.2) is 4.98 Å². The Morgan fingerprint density at radius 1 is 1.09 bits per heavy atom. The molecule has 0 saturated heterocycles. The molecule has 0 spiro atoms. The zero-order valence-electron chi connectivity index (χ0n) is 17.9. The molecule has 1 amide bonds. The van der Waals surface area contributed by atoms with Crippen LogP contribution < -0.4 is 5.32 Å². The van der Waals surface area contributed by atoms with Crippen molar-refractivity contribution in [3.63, 3.8) is 0 Å². The van der Waals surface area contributed by atoms with E-state index in [1.165, 1.54) is 25.7 Å². The van der Waals surface area contributed by atoms with Gasteiger partial charge >= 0.3 is 0 Å². The van der Waals surface area contributed by atoms with E-state index in [-0.39, 0.29) is 11.9 Å². The molecule has 2 heterocycles. The summed E-state index contributed by atoms with van der Waals surface area (Å²) < 4.78 is 9.49. The van der Waals surface area contributed by atoms with Gasteiger partial charge in [0.2, 0.25) is 0 Å². The molecule has 160 valence electrons. The molecular formula is C26H23N3O2S. The maximum atomic E-state index is 12.8. The monoisotopic (exact) mass is 441 g/mol. The molecule has 0 fully saturated rings. The summed E-state index contributed by atoms with van der Waals surface area (Å²) in [5.41, 5.74) is 3.67. The molecule has 0 radical (unpaired) electrons. The van der Waals surface area contributed by atoms with E-state index in [0.717, 1.165) is 11.3 Å². The maximum absolute atomic E-state index is 12.8. The second kappa shape index (κ2) is 8.57. The molecule has 3 aromatic carbocycles. The van der Waals surface area contributed by atoms with Crippen molar-refractivity contribution in [2.75, 3.05) is 13.7 Å². The van der Waals surface area contributed by atoms with Gasteiger partial charge in [-0.3, -0.25) is 9.36 Å². The van der Waals surface area contributed by atoms with E-state index in [1.807, 2.05) is 35.0 Å². The zero-order valence-corrected chi connectivity index (χ0v) is 18.7. The van der Waals surface area contributed by atoms with Crippen LogP contribution in [0.5, 0.6) is 0 Å². The molecule has 1 N–H and O–H groups in total. The van der Waals surface area contributed by atoms with Crippen LogP contribution in [0.4, 0.5) is 0 Å². The number of nitrogens with zero attached hydrogens (tertiary/aromatic N) is 2. The number of imidazole rings is 1. The molecule has 1 unspecified atom stereocenters. The standard InChI is InChI=1S/C26H23N3O2S/c1-17(15-31-2)28-26(30)23-14-27-16-29(23)19-8-5-7-18(13-19)20-10-6-11-22-21-9-3-4-12-24(21)32-25(20)22/h3-14,16-17H,15H2,1-2H3,(H,28,30). The SMILES string of the molecule is COCC(C)NC(=O)c1cncn1-c1cccc(-c2cccc3c2sc2ccccc23)c1. The van der Waals surface area contributed by atoms with Gasteiger partial charge in [0.05, 0.1) is 19.1 Å². The van der Waals surface area contributed by atoms with E-state index in [9.17, 15) is 4.79 Å². The van der Waals surface area contributed by atoms with Crippen LogP contribution in [0.15, 0.2) is 79.3 Å². The van der Waals surface area contributed by atoms with Crippen molar-refractivity contribution in [1.29, 1.82) is 0 Å². The molecule has 0 bridgehead atoms. The highest BCUT2D eigenvalue weighted by atomic mass is 32.1. The lowest BCUT2D eigenvalue weighted by atomic mass is 10.0. The number of methoxy groups -OCH3 is 1. The average molecular weight is 442 g/mol. The molecule has 0 saturated carbocycles. The van der Waals surface area contributed by atoms with Crippen LogP contribution in [-0.2, 0) is 4.74 Å². The highest BCUT2D eigenvalue weighted by molar-refractivity contribution is 7.26. The molecule has 2 aromatic heterocycles. The number of carbonyl (C=O) groups is 1. The van der Waals surface area contributed by atoms with Crippen molar-refractivity contribution in [2.24, 2.45) is 0 Å². The van der Waals surface area contributed by atoms with Gasteiger partial charge in [0.1, 0.15) is 5.69 Å². The molecular weight excluding hydrogens is 418 g/mol. The van der Waals surface area contributed by atoms with Gasteiger partial charge in [-0.1, -0.05) is 48.5 Å². The number of benzene rings is 3. The van der Waals surface area contributed by atoms with E-state index in [0.29, 0.717) is 12.3 Å². The summed E-state index contributed by atoms with van der Waals surface area (Å²) in [6.07, 6.45) is 3.27. The fourth-order valence-electron chi connectivity index (χ4n) is 4.06. The Hall–Kier alpha value is -3.48. The number of thiophene rings is 1. The van der Waals surface area contributed by atoms with Crippen LogP contribution in [0, 0.1) is 0 Å². The largest absolute Gasteiger partial charge is 0.383 e. The molecule has 5 aromatic rings. The van der Waals surface area contributed by atoms with Gasteiger partial charge in [-0.05, 0) is 36.2 Å². The average Bonchev–Trinajstić information content (AvgIpc) is 3.44. The molecule has 6 heteroatoms. The number of aromatic nitrogens is 2. The summed E-state index contributed by atoms with van der Waals surface area (Å²) in [5.74, 6) is -0.177. The quantitative estimate of drug-likeness (QED) is 0.369. The van der Waals surface area contributed by atoms with Crippen LogP contribution >= 0.6 is 11.3 Å². The Bertz CT molecular complexity index is 1420. The first-order valence-electron chi connectivity index (χ1n) is 10.5. The fourth-order valence-corrected chi connectivity index (χ4v) is 5.29. The number of fused-ring (bicyclic) bond motifs is 3. The lowest BCUT2D eigenvalue weighted by molar-refractivity contribution is 0.0898. The first-order valence-corrected chi connectivity index (χ1v) is 11.3. The van der Waals surface area contributed by atoms with Gasteiger partial charge in [0.25, 0.3) is 5.91 Å². The minimum absolute atomic E-state index is 0.0900. The minimum Gasteiger partial charge on any atom is -0.383 e. The van der Waals surface area contributed by atoms with Crippen molar-refractivity contribution < 1.29 is 9.53 Å². The molecule has 1 atom stereocenters. The third kappa shape index (κ3) is 3.68. The van der Waals surface area contributed by atoms with Crippen molar-refractivity contribution in [2.45, 2.75) is 13.0 Å². The van der Waals surface area contributed by atoms with Crippen LogP contribution in [0.2, 0.25) is 0 Å². The predicted octanol–water partition coefficient (Wildman–Crippen LogP) is 5.67. The lowest BCUT2D eigenvalue weighted by Gasteiger charge is -2.14. The summed E-state index contributed by atoms with van der Waals surface area (Å²) in [7, 11) is 1.62. The Morgan fingerprint density at radius 3 is 2.78 bits per heavy atom. The van der Waals surface area contributed by atoms with Crippen LogP contribution in [-0.4, -0.2) is 35.2 Å². The van der Waals surface area contributed by atoms with Crippen molar-refractivity contribution in [3.8, 4) is 16.8 Å². The first kappa shape index (κ1) is 20.4. The number of ether oxygens (including phenoxy) is 1. The van der Waals surface area contributed by atoms with Crippen LogP contribution in [0.3, 0.4) is 0 Å². The third-order valence-electron chi connectivity index (χ3n) is 5.50. The summed E-state index contributed by atoms with van der Waals surface area (Å²) in [6.45, 7) is 2.36. The number of amides is 1. The number of rotatable bonds is 6. The molecule has 5 rings (SSSR count). The van der Waals surface area contributed by atoms with Crippen molar-refractivity contribution in [1.82, 2.24) is 14.9 Å². The lowest BCUT2D eigenvalue weighted by Crippen LogP contribution is -2.36. The van der Waals surface area contributed by atoms with Gasteiger partial charge in [-0.15, -0.1) is 11.3 Å². The van der Waals surface area contributed by atoms with Crippen molar-refractivity contribution in [3.05, 3.63) is 84.9 Å². The van der Waals surface area contributed by atoms with E-state index >= 15 is 0 Å². The summed E-state index contributed by atoms with van der Waals surface area (Å²) >= 11 is 1.81. The predicted molar refractivity (Wildman–Crippen MR) is 131 cm³/mol. The highest BCUT2D eigenvalue weighted by Crippen LogP contribution is 2.40. The van der Waals surface area contributed by atoms with Gasteiger partial charge < -0.3 is 10.1 Å². The summed E-state index contributed by atoms with van der Waals surface area (Å²) in [5, 5.41) is 5.50. The number of hydrogen-bond donors (Lipinski definition) is 1. The molecule has 0 aliphatic carbocycles. The zero-order chi connectivity index (χ0) is 22.1. The summed E-state index contributed by atoms with van der Waals surface area (Å²) in [6, 6.07) is 23.1. The number of hydrogen-bond acceptors (Lipinski definition) is 4. The Labute approximate surface area is 190 Å². The molecule has 0 aliphatic rings. The molecule has 5 nitrogen and oxygen atoms in total. The van der Waals surface area contributed by atoms with E-state index in [1.54, 1.807) is 19.6 Å². The van der Waals surface area contributed by atoms with Gasteiger partial charge in [0.15, 0.2) is 0 Å². The van der Waals surface area contributed by atoms with E-state index in [2.05, 4.69) is 64.9 Å². The van der Waals surface area contributed by atoms with Gasteiger partial charge in [0, 0.05) is 39.0 Å². The van der Waals surface area contributed by atoms with Crippen molar-refractivity contribution >= 4 is 37.4 Å². The first-order chi connectivity index (χ1) is 15.7. The van der Waals surface area contributed by atoms with E-state index in [4.69, 9.17) is 4.74 Å². The van der Waals surface area contributed by atoms with Crippen LogP contribution in [0.1, 0.15) is 17.4 Å². The number of carbonyl (C=O) groups excluding carboxylic acids is 1. The van der Waals surface area contributed by atoms with E-state index < -0.39 is 0 Å².